The number of hydrogen-bond acceptors (Lipinski definition) is 9. The minimum Gasteiger partial charge on any atom is -0.495 e. The second kappa shape index (κ2) is 11.8. The zero-order chi connectivity index (χ0) is 23.9. The monoisotopic (exact) mass is 489 g/mol. The van der Waals surface area contributed by atoms with E-state index in [9.17, 15) is 9.90 Å². The fraction of sp³-hybridized carbons (Fsp3) is 0.542. The lowest BCUT2D eigenvalue weighted by atomic mass is 10.1. The number of nitrogens with one attached hydrogen (secondary N) is 1. The second-order valence-electron chi connectivity index (χ2n) is 8.55. The molecule has 1 atom stereocenters. The number of morpholine rings is 1. The number of rotatable bonds is 10. The molecule has 2 aromatic rings. The number of Topliss-reactive ketones (excluding diaryl/α,β-unsaturated/α-hetero) is 1. The van der Waals surface area contributed by atoms with Gasteiger partial charge in [0, 0.05) is 45.3 Å². The molecule has 9 nitrogen and oxygen atoms in total. The first-order valence-electron chi connectivity index (χ1n) is 11.7. The van der Waals surface area contributed by atoms with Crippen molar-refractivity contribution in [1.29, 1.82) is 0 Å². The van der Waals surface area contributed by atoms with E-state index in [1.54, 1.807) is 13.3 Å². The molecule has 2 saturated heterocycles. The molecule has 2 aliphatic rings. The number of benzene rings is 1. The fourth-order valence-electron chi connectivity index (χ4n) is 4.36. The van der Waals surface area contributed by atoms with Crippen molar-refractivity contribution in [2.24, 2.45) is 0 Å². The van der Waals surface area contributed by atoms with Crippen molar-refractivity contribution >= 4 is 29.2 Å². The third-order valence-corrected chi connectivity index (χ3v) is 6.65. The number of carbonyl (C=O) groups excluding carboxylic acids is 1. The van der Waals surface area contributed by atoms with Crippen molar-refractivity contribution in [3.05, 3.63) is 40.5 Å². The van der Waals surface area contributed by atoms with E-state index in [4.69, 9.17) is 26.1 Å². The Morgan fingerprint density at radius 1 is 1.32 bits per heavy atom. The molecule has 0 spiro atoms. The first kappa shape index (κ1) is 24.7. The van der Waals surface area contributed by atoms with Crippen LogP contribution in [0.5, 0.6) is 5.75 Å². The molecular formula is C24H32ClN5O4. The molecule has 0 saturated carbocycles. The Labute approximate surface area is 205 Å². The summed E-state index contributed by atoms with van der Waals surface area (Å²) in [5.41, 5.74) is 1.41. The van der Waals surface area contributed by atoms with Gasteiger partial charge in [-0.05, 0) is 30.5 Å². The van der Waals surface area contributed by atoms with Crippen LogP contribution >= 0.6 is 11.6 Å². The fourth-order valence-corrected chi connectivity index (χ4v) is 4.64. The van der Waals surface area contributed by atoms with E-state index >= 15 is 0 Å². The quantitative estimate of drug-likeness (QED) is 0.488. The Hall–Kier alpha value is -2.46. The van der Waals surface area contributed by atoms with Crippen LogP contribution in [-0.2, 0) is 11.3 Å². The summed E-state index contributed by atoms with van der Waals surface area (Å²) in [6, 6.07) is 5.56. The number of ether oxygens (including phenoxy) is 2. The first-order valence-corrected chi connectivity index (χ1v) is 12.1. The molecule has 0 radical (unpaired) electrons. The Morgan fingerprint density at radius 3 is 2.88 bits per heavy atom. The molecule has 184 valence electrons. The van der Waals surface area contributed by atoms with Gasteiger partial charge in [-0.1, -0.05) is 17.7 Å². The van der Waals surface area contributed by atoms with Crippen molar-refractivity contribution in [3.8, 4) is 5.75 Å². The summed E-state index contributed by atoms with van der Waals surface area (Å²) in [7, 11) is 1.58. The van der Waals surface area contributed by atoms with Gasteiger partial charge in [0.05, 0.1) is 43.6 Å². The Bertz CT molecular complexity index is 986. The number of ketones is 1. The standard InChI is InChI=1S/C24H32ClN5O4/c1-33-22-5-4-17(13-20(22)25)14-26-23-19(21(32)6-8-29-9-11-34-12-10-29)15-27-24(28-23)30-7-2-3-18(30)16-31/h4-5,13,15,18,31H,2-3,6-12,14,16H2,1H3,(H,26,27,28). The van der Waals surface area contributed by atoms with Gasteiger partial charge in [-0.2, -0.15) is 4.98 Å². The SMILES string of the molecule is COc1ccc(CNc2nc(N3CCCC3CO)ncc2C(=O)CCN2CCOCC2)cc1Cl. The highest BCUT2D eigenvalue weighted by atomic mass is 35.5. The average Bonchev–Trinajstić information content (AvgIpc) is 3.35. The topological polar surface area (TPSA) is 100 Å². The van der Waals surface area contributed by atoms with Gasteiger partial charge in [0.2, 0.25) is 5.95 Å². The minimum absolute atomic E-state index is 0.00360. The number of nitrogens with zero attached hydrogens (tertiary/aromatic N) is 4. The molecule has 1 unspecified atom stereocenters. The molecule has 2 aliphatic heterocycles. The lowest BCUT2D eigenvalue weighted by molar-refractivity contribution is 0.0370. The summed E-state index contributed by atoms with van der Waals surface area (Å²) in [6.45, 7) is 5.02. The zero-order valence-electron chi connectivity index (χ0n) is 19.5. The number of carbonyl (C=O) groups is 1. The highest BCUT2D eigenvalue weighted by Gasteiger charge is 2.27. The van der Waals surface area contributed by atoms with Crippen LogP contribution < -0.4 is 15.0 Å². The smallest absolute Gasteiger partial charge is 0.227 e. The maximum Gasteiger partial charge on any atom is 0.227 e. The molecule has 2 N–H and O–H groups in total. The van der Waals surface area contributed by atoms with Crippen molar-refractivity contribution in [3.63, 3.8) is 0 Å². The van der Waals surface area contributed by atoms with Crippen molar-refractivity contribution in [2.45, 2.75) is 31.8 Å². The van der Waals surface area contributed by atoms with Crippen LogP contribution in [0, 0.1) is 0 Å². The number of aliphatic hydroxyl groups is 1. The molecule has 1 aromatic heterocycles. The van der Waals surface area contributed by atoms with E-state index < -0.39 is 0 Å². The van der Waals surface area contributed by atoms with Crippen LogP contribution in [0.1, 0.15) is 35.2 Å². The molecular weight excluding hydrogens is 458 g/mol. The number of aromatic nitrogens is 2. The van der Waals surface area contributed by atoms with Crippen LogP contribution in [0.4, 0.5) is 11.8 Å². The van der Waals surface area contributed by atoms with E-state index in [1.807, 2.05) is 23.1 Å². The van der Waals surface area contributed by atoms with Crippen LogP contribution in [0.15, 0.2) is 24.4 Å². The summed E-state index contributed by atoms with van der Waals surface area (Å²) in [5, 5.41) is 13.6. The second-order valence-corrected chi connectivity index (χ2v) is 8.96. The summed E-state index contributed by atoms with van der Waals surface area (Å²) in [6.07, 6.45) is 3.87. The molecule has 3 heterocycles. The summed E-state index contributed by atoms with van der Waals surface area (Å²) >= 11 is 6.27. The van der Waals surface area contributed by atoms with Gasteiger partial charge in [0.25, 0.3) is 0 Å². The van der Waals surface area contributed by atoms with Crippen LogP contribution in [0.3, 0.4) is 0 Å². The molecule has 4 rings (SSSR count). The van der Waals surface area contributed by atoms with Gasteiger partial charge in [0.15, 0.2) is 5.78 Å². The summed E-state index contributed by atoms with van der Waals surface area (Å²) < 4.78 is 10.6. The predicted octanol–water partition coefficient (Wildman–Crippen LogP) is 2.62. The average molecular weight is 490 g/mol. The predicted molar refractivity (Wildman–Crippen MR) is 131 cm³/mol. The normalized spacial score (nSPS) is 18.8. The van der Waals surface area contributed by atoms with Crippen molar-refractivity contribution < 1.29 is 19.4 Å². The Balaban J connectivity index is 1.52. The molecule has 0 amide bonds. The molecule has 34 heavy (non-hydrogen) atoms. The van der Waals surface area contributed by atoms with Gasteiger partial charge in [0.1, 0.15) is 11.6 Å². The van der Waals surface area contributed by atoms with E-state index in [1.165, 1.54) is 0 Å². The Kier molecular flexibility index (Phi) is 8.55. The lowest BCUT2D eigenvalue weighted by Gasteiger charge is -2.26. The maximum absolute atomic E-state index is 13.1. The lowest BCUT2D eigenvalue weighted by Crippen LogP contribution is -2.37. The van der Waals surface area contributed by atoms with Gasteiger partial charge < -0.3 is 24.8 Å². The van der Waals surface area contributed by atoms with Gasteiger partial charge in [-0.15, -0.1) is 0 Å². The first-order chi connectivity index (χ1) is 16.6. The molecule has 1 aromatic carbocycles. The van der Waals surface area contributed by atoms with Crippen molar-refractivity contribution in [1.82, 2.24) is 14.9 Å². The van der Waals surface area contributed by atoms with Crippen molar-refractivity contribution in [2.75, 3.05) is 63.3 Å². The number of methoxy groups -OCH3 is 1. The maximum atomic E-state index is 13.1. The van der Waals surface area contributed by atoms with E-state index in [0.717, 1.165) is 38.0 Å². The molecule has 0 aliphatic carbocycles. The number of aliphatic hydroxyl groups excluding tert-OH is 1. The third-order valence-electron chi connectivity index (χ3n) is 6.36. The highest BCUT2D eigenvalue weighted by Crippen LogP contribution is 2.27. The summed E-state index contributed by atoms with van der Waals surface area (Å²) in [5.74, 6) is 1.62. The largest absolute Gasteiger partial charge is 0.495 e. The van der Waals surface area contributed by atoms with E-state index in [-0.39, 0.29) is 18.4 Å². The van der Waals surface area contributed by atoms with Gasteiger partial charge in [-0.3, -0.25) is 9.69 Å². The van der Waals surface area contributed by atoms with Crippen LogP contribution in [0.2, 0.25) is 5.02 Å². The molecule has 10 heteroatoms. The minimum atomic E-state index is -0.00608. The number of hydrogen-bond donors (Lipinski definition) is 2. The van der Waals surface area contributed by atoms with E-state index in [0.29, 0.717) is 60.8 Å². The zero-order valence-corrected chi connectivity index (χ0v) is 20.3. The number of halogens is 1. The summed E-state index contributed by atoms with van der Waals surface area (Å²) in [4.78, 5) is 26.6. The Morgan fingerprint density at radius 2 is 2.15 bits per heavy atom. The molecule has 0 bridgehead atoms. The van der Waals surface area contributed by atoms with Gasteiger partial charge in [-0.25, -0.2) is 4.98 Å². The van der Waals surface area contributed by atoms with Crippen LogP contribution in [-0.4, -0.2) is 84.9 Å². The highest BCUT2D eigenvalue weighted by molar-refractivity contribution is 6.32. The molecule has 2 fully saturated rings. The van der Waals surface area contributed by atoms with Gasteiger partial charge >= 0.3 is 0 Å². The third kappa shape index (κ3) is 5.96. The van der Waals surface area contributed by atoms with E-state index in [2.05, 4.69) is 15.2 Å². The van der Waals surface area contributed by atoms with Crippen LogP contribution in [0.25, 0.3) is 0 Å². The number of anilines is 2.